The molecule has 2 aromatic rings. The highest BCUT2D eigenvalue weighted by molar-refractivity contribution is 6.15. The van der Waals surface area contributed by atoms with Crippen LogP contribution in [0.25, 0.3) is 6.08 Å². The zero-order valence-corrected chi connectivity index (χ0v) is 14.0. The lowest BCUT2D eigenvalue weighted by atomic mass is 10.0. The van der Waals surface area contributed by atoms with Crippen molar-refractivity contribution in [2.45, 2.75) is 27.7 Å². The highest BCUT2D eigenvalue weighted by Crippen LogP contribution is 2.37. The van der Waals surface area contributed by atoms with E-state index in [4.69, 9.17) is 13.9 Å². The number of furan rings is 1. The van der Waals surface area contributed by atoms with Gasteiger partial charge in [0.15, 0.2) is 5.76 Å². The lowest BCUT2D eigenvalue weighted by Crippen LogP contribution is -2.14. The van der Waals surface area contributed by atoms with Crippen molar-refractivity contribution in [3.05, 3.63) is 52.7 Å². The van der Waals surface area contributed by atoms with Crippen molar-refractivity contribution in [2.75, 3.05) is 0 Å². The number of hydrogen-bond donors (Lipinski definition) is 0. The Morgan fingerprint density at radius 3 is 2.58 bits per heavy atom. The van der Waals surface area contributed by atoms with Gasteiger partial charge in [-0.15, -0.1) is 0 Å². The molecule has 0 amide bonds. The Kier molecular flexibility index (Phi) is 4.01. The number of ketones is 1. The lowest BCUT2D eigenvalue weighted by Gasteiger charge is -2.09. The Hall–Kier alpha value is -2.82. The fourth-order valence-electron chi connectivity index (χ4n) is 2.43. The molecule has 0 bridgehead atoms. The second-order valence-electron chi connectivity index (χ2n) is 6.08. The van der Waals surface area contributed by atoms with Crippen LogP contribution in [0.5, 0.6) is 11.5 Å². The van der Waals surface area contributed by atoms with Crippen LogP contribution in [0, 0.1) is 19.8 Å². The molecule has 0 radical (unpaired) electrons. The molecule has 1 aromatic heterocycles. The maximum absolute atomic E-state index is 12.5. The summed E-state index contributed by atoms with van der Waals surface area (Å²) in [5.41, 5.74) is 1.18. The highest BCUT2D eigenvalue weighted by Gasteiger charge is 2.30. The van der Waals surface area contributed by atoms with Crippen LogP contribution in [-0.4, -0.2) is 11.8 Å². The predicted molar refractivity (Wildman–Crippen MR) is 88.0 cm³/mol. The van der Waals surface area contributed by atoms with E-state index in [1.54, 1.807) is 45.0 Å². The number of esters is 1. The number of aryl methyl sites for hydroxylation is 2. The first kappa shape index (κ1) is 16.1. The SMILES string of the molecule is Cc1ccc(/C=C2\Oc3cc(OC(=O)C(C)C)cc(C)c3C2=O)o1. The summed E-state index contributed by atoms with van der Waals surface area (Å²) in [6.07, 6.45) is 1.56. The molecule has 1 aromatic carbocycles. The number of carbonyl (C=O) groups excluding carboxylic acids is 2. The first-order chi connectivity index (χ1) is 11.3. The normalized spacial score (nSPS) is 14.9. The van der Waals surface area contributed by atoms with Gasteiger partial charge in [-0.2, -0.15) is 0 Å². The summed E-state index contributed by atoms with van der Waals surface area (Å²) in [5.74, 6) is 1.47. The van der Waals surface area contributed by atoms with E-state index in [1.165, 1.54) is 0 Å². The van der Waals surface area contributed by atoms with Crippen molar-refractivity contribution in [2.24, 2.45) is 5.92 Å². The van der Waals surface area contributed by atoms with E-state index in [9.17, 15) is 9.59 Å². The molecule has 3 rings (SSSR count). The maximum atomic E-state index is 12.5. The number of ether oxygens (including phenoxy) is 2. The molecule has 2 heterocycles. The average molecular weight is 326 g/mol. The summed E-state index contributed by atoms with van der Waals surface area (Å²) in [6.45, 7) is 7.13. The van der Waals surface area contributed by atoms with E-state index < -0.39 is 0 Å². The molecule has 0 atom stereocenters. The molecule has 0 saturated carbocycles. The van der Waals surface area contributed by atoms with Crippen LogP contribution in [0.3, 0.4) is 0 Å². The number of benzene rings is 1. The van der Waals surface area contributed by atoms with Gasteiger partial charge in [0.2, 0.25) is 5.78 Å². The molecule has 0 unspecified atom stereocenters. The second kappa shape index (κ2) is 6.00. The van der Waals surface area contributed by atoms with Gasteiger partial charge < -0.3 is 13.9 Å². The Balaban J connectivity index is 1.92. The average Bonchev–Trinajstić information content (AvgIpc) is 3.03. The Bertz CT molecular complexity index is 855. The summed E-state index contributed by atoms with van der Waals surface area (Å²) in [6, 6.07) is 6.81. The number of allylic oxidation sites excluding steroid dienone is 1. The van der Waals surface area contributed by atoms with Gasteiger partial charge >= 0.3 is 5.97 Å². The van der Waals surface area contributed by atoms with Crippen LogP contribution in [0.15, 0.2) is 34.4 Å². The lowest BCUT2D eigenvalue weighted by molar-refractivity contribution is -0.137. The third-order valence-electron chi connectivity index (χ3n) is 3.67. The minimum atomic E-state index is -0.333. The summed E-state index contributed by atoms with van der Waals surface area (Å²) in [5, 5.41) is 0. The molecule has 24 heavy (non-hydrogen) atoms. The largest absolute Gasteiger partial charge is 0.462 e. The molecule has 0 N–H and O–H groups in total. The Morgan fingerprint density at radius 2 is 1.96 bits per heavy atom. The van der Waals surface area contributed by atoms with Gasteiger partial charge in [0.05, 0.1) is 11.5 Å². The summed E-state index contributed by atoms with van der Waals surface area (Å²) < 4.78 is 16.4. The minimum absolute atomic E-state index is 0.190. The highest BCUT2D eigenvalue weighted by atomic mass is 16.5. The number of fused-ring (bicyclic) bond motifs is 1. The number of rotatable bonds is 3. The van der Waals surface area contributed by atoms with Crippen molar-refractivity contribution >= 4 is 17.8 Å². The molecular weight excluding hydrogens is 308 g/mol. The first-order valence-corrected chi connectivity index (χ1v) is 7.72. The van der Waals surface area contributed by atoms with Crippen molar-refractivity contribution < 1.29 is 23.5 Å². The summed E-state index contributed by atoms with van der Waals surface area (Å²) in [7, 11) is 0. The van der Waals surface area contributed by atoms with Gasteiger partial charge in [-0.3, -0.25) is 9.59 Å². The zero-order valence-electron chi connectivity index (χ0n) is 14.0. The van der Waals surface area contributed by atoms with Crippen molar-refractivity contribution in [1.82, 2.24) is 0 Å². The second-order valence-corrected chi connectivity index (χ2v) is 6.08. The Labute approximate surface area is 139 Å². The molecule has 1 aliphatic rings. The van der Waals surface area contributed by atoms with Gasteiger partial charge in [-0.25, -0.2) is 0 Å². The third-order valence-corrected chi connectivity index (χ3v) is 3.67. The van der Waals surface area contributed by atoms with E-state index in [0.717, 1.165) is 5.76 Å². The number of Topliss-reactive ketones (excluding diaryl/α,β-unsaturated/α-hetero) is 1. The molecule has 0 aliphatic carbocycles. The van der Waals surface area contributed by atoms with Gasteiger partial charge in [0.25, 0.3) is 0 Å². The van der Waals surface area contributed by atoms with Crippen LogP contribution in [-0.2, 0) is 4.79 Å². The fourth-order valence-corrected chi connectivity index (χ4v) is 2.43. The zero-order chi connectivity index (χ0) is 17.4. The summed E-state index contributed by atoms with van der Waals surface area (Å²) in [4.78, 5) is 24.3. The minimum Gasteiger partial charge on any atom is -0.462 e. The monoisotopic (exact) mass is 326 g/mol. The van der Waals surface area contributed by atoms with Crippen LogP contribution < -0.4 is 9.47 Å². The standard InChI is InChI=1S/C19H18O5/c1-10(2)19(21)23-14-7-11(3)17-15(9-14)24-16(18(17)20)8-13-6-5-12(4)22-13/h5-10H,1-4H3/b16-8-. The first-order valence-electron chi connectivity index (χ1n) is 7.72. The number of hydrogen-bond acceptors (Lipinski definition) is 5. The van der Waals surface area contributed by atoms with Gasteiger partial charge in [-0.05, 0) is 37.6 Å². The molecular formula is C19H18O5. The molecule has 124 valence electrons. The molecule has 1 aliphatic heterocycles. The van der Waals surface area contributed by atoms with Crippen molar-refractivity contribution in [3.8, 4) is 11.5 Å². The maximum Gasteiger partial charge on any atom is 0.313 e. The van der Waals surface area contributed by atoms with Crippen LogP contribution in [0.1, 0.15) is 41.3 Å². The van der Waals surface area contributed by atoms with Gasteiger partial charge in [0.1, 0.15) is 23.0 Å². The van der Waals surface area contributed by atoms with E-state index in [2.05, 4.69) is 0 Å². The Morgan fingerprint density at radius 1 is 1.21 bits per heavy atom. The quantitative estimate of drug-likeness (QED) is 0.483. The van der Waals surface area contributed by atoms with Gasteiger partial charge in [-0.1, -0.05) is 13.8 Å². The van der Waals surface area contributed by atoms with E-state index in [1.807, 2.05) is 13.0 Å². The van der Waals surface area contributed by atoms with Crippen molar-refractivity contribution in [1.29, 1.82) is 0 Å². The predicted octanol–water partition coefficient (Wildman–Crippen LogP) is 4.07. The number of carbonyl (C=O) groups is 2. The summed E-state index contributed by atoms with van der Waals surface area (Å²) >= 11 is 0. The molecule has 5 heteroatoms. The van der Waals surface area contributed by atoms with Gasteiger partial charge in [0, 0.05) is 12.1 Å². The molecule has 0 spiro atoms. The molecule has 0 saturated heterocycles. The van der Waals surface area contributed by atoms with E-state index in [0.29, 0.717) is 28.4 Å². The molecule has 0 fully saturated rings. The molecule has 5 nitrogen and oxygen atoms in total. The van der Waals surface area contributed by atoms with Crippen LogP contribution in [0.2, 0.25) is 0 Å². The topological polar surface area (TPSA) is 65.7 Å². The third kappa shape index (κ3) is 2.97. The van der Waals surface area contributed by atoms with E-state index >= 15 is 0 Å². The van der Waals surface area contributed by atoms with E-state index in [-0.39, 0.29) is 23.4 Å². The fraction of sp³-hybridized carbons (Fsp3) is 0.263. The van der Waals surface area contributed by atoms with Crippen LogP contribution in [0.4, 0.5) is 0 Å². The smallest absolute Gasteiger partial charge is 0.313 e. The van der Waals surface area contributed by atoms with Crippen LogP contribution >= 0.6 is 0 Å². The van der Waals surface area contributed by atoms with Crippen molar-refractivity contribution in [3.63, 3.8) is 0 Å².